The second-order valence-electron chi connectivity index (χ2n) is 7.78. The number of rotatable bonds is 6. The van der Waals surface area contributed by atoms with E-state index >= 15 is 0 Å². The maximum absolute atomic E-state index is 12.2. The molecule has 0 bridgehead atoms. The molecule has 1 atom stereocenters. The van der Waals surface area contributed by atoms with Crippen molar-refractivity contribution in [2.24, 2.45) is 0 Å². The summed E-state index contributed by atoms with van der Waals surface area (Å²) in [7, 11) is 1.53. The minimum Gasteiger partial charge on any atom is -0.493 e. The molecule has 0 aliphatic carbocycles. The number of nitrogens with two attached hydrogens (primary N) is 1. The maximum Gasteiger partial charge on any atom is 0.252 e. The number of nitrogen functional groups attached to an aromatic ring is 1. The van der Waals surface area contributed by atoms with E-state index in [2.05, 4.69) is 31.4 Å². The van der Waals surface area contributed by atoms with Gasteiger partial charge in [-0.1, -0.05) is 11.6 Å². The number of nitriles is 1. The SMILES string of the molecule is CCOc1c(C(C)n2nc(C)c3c(N)ncnc32)cc(Cl)c(C#N)c1-c1cncc(C(=O)NC)c1. The average molecular weight is 491 g/mol. The summed E-state index contributed by atoms with van der Waals surface area (Å²) in [6.07, 6.45) is 4.40. The third-order valence-corrected chi connectivity index (χ3v) is 5.99. The molecule has 35 heavy (non-hydrogen) atoms. The van der Waals surface area contributed by atoms with Crippen molar-refractivity contribution in [2.45, 2.75) is 26.8 Å². The number of nitrogens with zero attached hydrogens (tertiary/aromatic N) is 6. The van der Waals surface area contributed by atoms with E-state index in [-0.39, 0.29) is 16.5 Å². The van der Waals surface area contributed by atoms with Crippen molar-refractivity contribution >= 4 is 34.4 Å². The predicted molar refractivity (Wildman–Crippen MR) is 132 cm³/mol. The van der Waals surface area contributed by atoms with E-state index < -0.39 is 6.04 Å². The fraction of sp³-hybridized carbons (Fsp3) is 0.250. The molecule has 4 aromatic rings. The van der Waals surface area contributed by atoms with E-state index in [1.807, 2.05) is 20.8 Å². The van der Waals surface area contributed by atoms with Crippen LogP contribution in [0.5, 0.6) is 5.75 Å². The van der Waals surface area contributed by atoms with Crippen molar-refractivity contribution < 1.29 is 9.53 Å². The standard InChI is InChI=1S/C24H23ClN8O2/c1-5-35-21-16(13(3)33-23-19(12(2)32-33)22(27)30-11-31-23)7-18(25)17(8-26)20(21)14-6-15(10-29-9-14)24(34)28-4/h6-7,9-11,13H,5H2,1-4H3,(H,28,34)(H2,27,30,31). The highest BCUT2D eigenvalue weighted by Gasteiger charge is 2.27. The minimum absolute atomic E-state index is 0.218. The van der Waals surface area contributed by atoms with Crippen molar-refractivity contribution in [1.29, 1.82) is 5.26 Å². The molecule has 0 aliphatic heterocycles. The first-order valence-corrected chi connectivity index (χ1v) is 11.2. The molecule has 0 aliphatic rings. The van der Waals surface area contributed by atoms with Gasteiger partial charge < -0.3 is 15.8 Å². The van der Waals surface area contributed by atoms with Gasteiger partial charge in [-0.2, -0.15) is 10.4 Å². The Balaban J connectivity index is 2.00. The molecule has 3 heterocycles. The number of fused-ring (bicyclic) bond motifs is 1. The summed E-state index contributed by atoms with van der Waals surface area (Å²) >= 11 is 6.61. The van der Waals surface area contributed by atoms with E-state index in [4.69, 9.17) is 22.1 Å². The van der Waals surface area contributed by atoms with Crippen LogP contribution in [0.25, 0.3) is 22.2 Å². The number of ether oxygens (including phenoxy) is 1. The number of benzene rings is 1. The lowest BCUT2D eigenvalue weighted by atomic mass is 9.93. The smallest absolute Gasteiger partial charge is 0.252 e. The highest BCUT2D eigenvalue weighted by atomic mass is 35.5. The molecule has 0 saturated heterocycles. The molecule has 10 nitrogen and oxygen atoms in total. The molecule has 3 aromatic heterocycles. The topological polar surface area (TPSA) is 145 Å². The van der Waals surface area contributed by atoms with Gasteiger partial charge >= 0.3 is 0 Å². The zero-order valence-electron chi connectivity index (χ0n) is 19.6. The fourth-order valence-electron chi connectivity index (χ4n) is 4.06. The highest BCUT2D eigenvalue weighted by molar-refractivity contribution is 6.32. The largest absolute Gasteiger partial charge is 0.493 e. The van der Waals surface area contributed by atoms with Gasteiger partial charge in [0.05, 0.1) is 39.9 Å². The second kappa shape index (κ2) is 9.56. The summed E-state index contributed by atoms with van der Waals surface area (Å²) in [6, 6.07) is 5.12. The van der Waals surface area contributed by atoms with Crippen LogP contribution in [0, 0.1) is 18.3 Å². The third-order valence-electron chi connectivity index (χ3n) is 5.69. The first-order valence-electron chi connectivity index (χ1n) is 10.8. The van der Waals surface area contributed by atoms with E-state index in [0.29, 0.717) is 57.2 Å². The van der Waals surface area contributed by atoms with Crippen molar-refractivity contribution in [1.82, 2.24) is 30.0 Å². The molecule has 178 valence electrons. The second-order valence-corrected chi connectivity index (χ2v) is 8.18. The molecule has 1 amide bonds. The van der Waals surface area contributed by atoms with Gasteiger partial charge in [0.2, 0.25) is 0 Å². The number of aryl methyl sites for hydroxylation is 1. The Hall–Kier alpha value is -4.23. The van der Waals surface area contributed by atoms with E-state index in [9.17, 15) is 10.1 Å². The quantitative estimate of drug-likeness (QED) is 0.416. The van der Waals surface area contributed by atoms with Gasteiger partial charge in [0.25, 0.3) is 5.91 Å². The Labute approximate surface area is 206 Å². The van der Waals surface area contributed by atoms with Crippen LogP contribution in [0.3, 0.4) is 0 Å². The van der Waals surface area contributed by atoms with Gasteiger partial charge in [0.1, 0.15) is 24.0 Å². The van der Waals surface area contributed by atoms with Gasteiger partial charge in [-0.15, -0.1) is 0 Å². The minimum atomic E-state index is -0.402. The molecule has 0 radical (unpaired) electrons. The molecule has 11 heteroatoms. The van der Waals surface area contributed by atoms with E-state index in [0.717, 1.165) is 0 Å². The zero-order chi connectivity index (χ0) is 25.3. The molecule has 1 aromatic carbocycles. The van der Waals surface area contributed by atoms with E-state index in [1.54, 1.807) is 23.0 Å². The number of hydrogen-bond acceptors (Lipinski definition) is 8. The molecule has 0 saturated carbocycles. The number of anilines is 1. The number of halogens is 1. The van der Waals surface area contributed by atoms with Crippen LogP contribution in [0.1, 0.15) is 47.1 Å². The summed E-state index contributed by atoms with van der Waals surface area (Å²) in [5.74, 6) is 0.481. The number of carbonyl (C=O) groups is 1. The Kier molecular flexibility index (Phi) is 6.53. The normalized spacial score (nSPS) is 11.8. The average Bonchev–Trinajstić information content (AvgIpc) is 3.21. The maximum atomic E-state index is 12.2. The van der Waals surface area contributed by atoms with Crippen LogP contribution in [-0.4, -0.2) is 44.3 Å². The lowest BCUT2D eigenvalue weighted by Gasteiger charge is -2.22. The lowest BCUT2D eigenvalue weighted by Crippen LogP contribution is -2.18. The van der Waals surface area contributed by atoms with Crippen LogP contribution in [0.4, 0.5) is 5.82 Å². The molecule has 3 N–H and O–H groups in total. The van der Waals surface area contributed by atoms with Gasteiger partial charge in [-0.3, -0.25) is 9.78 Å². The van der Waals surface area contributed by atoms with Crippen LogP contribution in [0.2, 0.25) is 5.02 Å². The third kappa shape index (κ3) is 4.11. The van der Waals surface area contributed by atoms with E-state index in [1.165, 1.54) is 19.6 Å². The monoisotopic (exact) mass is 490 g/mol. The summed E-state index contributed by atoms with van der Waals surface area (Å²) in [4.78, 5) is 24.9. The molecular formula is C24H23ClN8O2. The predicted octanol–water partition coefficient (Wildman–Crippen LogP) is 3.67. The van der Waals surface area contributed by atoms with Crippen molar-refractivity contribution in [3.05, 3.63) is 58.3 Å². The Bertz CT molecular complexity index is 1490. The molecule has 0 spiro atoms. The Morgan fingerprint density at radius 3 is 2.80 bits per heavy atom. The zero-order valence-corrected chi connectivity index (χ0v) is 20.4. The van der Waals surface area contributed by atoms with Gasteiger partial charge in [-0.05, 0) is 32.9 Å². The van der Waals surface area contributed by atoms with Gasteiger partial charge in [0, 0.05) is 36.1 Å². The fourth-order valence-corrected chi connectivity index (χ4v) is 4.32. The molecule has 0 fully saturated rings. The number of nitrogens with one attached hydrogen (secondary N) is 1. The number of aromatic nitrogens is 5. The van der Waals surface area contributed by atoms with Crippen LogP contribution >= 0.6 is 11.6 Å². The van der Waals surface area contributed by atoms with Crippen molar-refractivity contribution in [3.63, 3.8) is 0 Å². The Morgan fingerprint density at radius 1 is 1.34 bits per heavy atom. The number of carbonyl (C=O) groups excluding carboxylic acids is 1. The summed E-state index contributed by atoms with van der Waals surface area (Å²) in [6.45, 7) is 5.94. The first kappa shape index (κ1) is 23.9. The van der Waals surface area contributed by atoms with Crippen molar-refractivity contribution in [2.75, 3.05) is 19.4 Å². The van der Waals surface area contributed by atoms with Crippen LogP contribution in [-0.2, 0) is 0 Å². The lowest BCUT2D eigenvalue weighted by molar-refractivity contribution is 0.0962. The summed E-state index contributed by atoms with van der Waals surface area (Å²) in [5.41, 5.74) is 9.53. The molecule has 1 unspecified atom stereocenters. The number of hydrogen-bond donors (Lipinski definition) is 2. The van der Waals surface area contributed by atoms with Crippen LogP contribution in [0.15, 0.2) is 30.9 Å². The number of pyridine rings is 1. The summed E-state index contributed by atoms with van der Waals surface area (Å²) < 4.78 is 7.82. The van der Waals surface area contributed by atoms with Crippen molar-refractivity contribution in [3.8, 4) is 22.9 Å². The van der Waals surface area contributed by atoms with Gasteiger partial charge in [0.15, 0.2) is 5.65 Å². The first-order chi connectivity index (χ1) is 16.8. The summed E-state index contributed by atoms with van der Waals surface area (Å²) in [5, 5.41) is 18.1. The molecule has 4 rings (SSSR count). The highest BCUT2D eigenvalue weighted by Crippen LogP contribution is 2.43. The van der Waals surface area contributed by atoms with Crippen LogP contribution < -0.4 is 15.8 Å². The van der Waals surface area contributed by atoms with Gasteiger partial charge in [-0.25, -0.2) is 14.6 Å². The Morgan fingerprint density at radius 2 is 2.11 bits per heavy atom. The number of amides is 1. The molecular weight excluding hydrogens is 468 g/mol.